The molecule has 1 rings (SSSR count). The molecule has 10 nitrogen and oxygen atoms in total. The van der Waals surface area contributed by atoms with Gasteiger partial charge < -0.3 is 29.4 Å². The van der Waals surface area contributed by atoms with Gasteiger partial charge in [-0.15, -0.1) is 0 Å². The van der Waals surface area contributed by atoms with Crippen molar-refractivity contribution in [3.8, 4) is 11.5 Å². The first-order valence-corrected chi connectivity index (χ1v) is 12.2. The number of hydrogen-bond donors (Lipinski definition) is 1. The minimum absolute atomic E-state index is 0.0273. The summed E-state index contributed by atoms with van der Waals surface area (Å²) in [5.74, 6) is -2.24. The molecule has 0 aliphatic heterocycles. The lowest BCUT2D eigenvalue weighted by atomic mass is 9.88. The minimum Gasteiger partial charge on any atom is -0.468 e. The van der Waals surface area contributed by atoms with E-state index in [1.54, 1.807) is 19.9 Å². The van der Waals surface area contributed by atoms with Crippen molar-refractivity contribution < 1.29 is 42.9 Å². The van der Waals surface area contributed by atoms with Crippen molar-refractivity contribution in [3.63, 3.8) is 0 Å². The Morgan fingerprint density at radius 2 is 1.44 bits per heavy atom. The molecule has 0 heterocycles. The van der Waals surface area contributed by atoms with E-state index < -0.39 is 29.6 Å². The fraction of sp³-hybridized carbons (Fsp3) is 0.615. The fourth-order valence-electron chi connectivity index (χ4n) is 2.95. The predicted octanol–water partition coefficient (Wildman–Crippen LogP) is 3.96. The lowest BCUT2D eigenvalue weighted by Crippen LogP contribution is -2.51. The lowest BCUT2D eigenvalue weighted by molar-refractivity contribution is -0.148. The molecule has 36 heavy (non-hydrogen) atoms. The third-order valence-electron chi connectivity index (χ3n) is 5.76. The zero-order valence-corrected chi connectivity index (χ0v) is 22.1. The molecule has 0 saturated heterocycles. The number of esters is 3. The predicted molar refractivity (Wildman–Crippen MR) is 131 cm³/mol. The van der Waals surface area contributed by atoms with E-state index in [-0.39, 0.29) is 49.4 Å². The van der Waals surface area contributed by atoms with Crippen LogP contribution in [0.1, 0.15) is 65.9 Å². The summed E-state index contributed by atoms with van der Waals surface area (Å²) in [5, 5.41) is 0. The maximum absolute atomic E-state index is 12.5. The number of ether oxygens (including phenoxy) is 5. The van der Waals surface area contributed by atoms with Gasteiger partial charge >= 0.3 is 24.1 Å². The van der Waals surface area contributed by atoms with Crippen molar-refractivity contribution in [2.75, 3.05) is 20.3 Å². The van der Waals surface area contributed by atoms with Crippen LogP contribution in [0.25, 0.3) is 0 Å². The van der Waals surface area contributed by atoms with Gasteiger partial charge in [-0.05, 0) is 37.0 Å². The molecule has 0 fully saturated rings. The zero-order valence-electron chi connectivity index (χ0n) is 22.1. The number of carbonyl (C=O) groups is 4. The molecule has 0 aliphatic rings. The van der Waals surface area contributed by atoms with Crippen LogP contribution in [-0.2, 0) is 35.0 Å². The molecular weight excluding hydrogens is 470 g/mol. The van der Waals surface area contributed by atoms with E-state index in [0.29, 0.717) is 24.8 Å². The van der Waals surface area contributed by atoms with Crippen molar-refractivity contribution in [1.29, 1.82) is 0 Å². The number of benzene rings is 1. The van der Waals surface area contributed by atoms with E-state index in [9.17, 15) is 19.2 Å². The summed E-state index contributed by atoms with van der Waals surface area (Å²) in [6.45, 7) is 9.07. The van der Waals surface area contributed by atoms with Gasteiger partial charge in [0.05, 0.1) is 32.2 Å². The molecule has 2 unspecified atom stereocenters. The summed E-state index contributed by atoms with van der Waals surface area (Å²) in [6, 6.07) is 4.60. The first-order chi connectivity index (χ1) is 17.0. The van der Waals surface area contributed by atoms with Gasteiger partial charge in [-0.3, -0.25) is 14.4 Å². The maximum Gasteiger partial charge on any atom is 0.508 e. The Balaban J connectivity index is 3.18. The standard InChI is InChI=1S/C26H39NO9/c1-7-13-33-25(31)34-14-12-26(27,24(30)32-6)16-19-10-11-20(35-22(28)17(4)8-2)21(15-19)36-23(29)18(5)9-3/h10-11,15,17-18H,7-9,12-14,16,27H2,1-6H3/t17?,18?,26-/m1/s1. The Morgan fingerprint density at radius 1 is 0.889 bits per heavy atom. The lowest BCUT2D eigenvalue weighted by Gasteiger charge is -2.26. The van der Waals surface area contributed by atoms with Crippen LogP contribution in [0.2, 0.25) is 0 Å². The number of methoxy groups -OCH3 is 1. The van der Waals surface area contributed by atoms with Gasteiger partial charge in [0.25, 0.3) is 0 Å². The van der Waals surface area contributed by atoms with Gasteiger partial charge in [-0.25, -0.2) is 4.79 Å². The highest BCUT2D eigenvalue weighted by Crippen LogP contribution is 2.32. The maximum atomic E-state index is 12.5. The van der Waals surface area contributed by atoms with E-state index in [4.69, 9.17) is 29.4 Å². The smallest absolute Gasteiger partial charge is 0.468 e. The minimum atomic E-state index is -1.55. The molecule has 0 saturated carbocycles. The van der Waals surface area contributed by atoms with Crippen molar-refractivity contribution in [3.05, 3.63) is 23.8 Å². The first kappa shape index (κ1) is 30.9. The van der Waals surface area contributed by atoms with E-state index in [1.807, 2.05) is 20.8 Å². The van der Waals surface area contributed by atoms with Crippen LogP contribution in [0.4, 0.5) is 4.79 Å². The summed E-state index contributed by atoms with van der Waals surface area (Å²) in [7, 11) is 1.21. The van der Waals surface area contributed by atoms with Crippen LogP contribution in [-0.4, -0.2) is 49.9 Å². The molecule has 1 aromatic rings. The third-order valence-corrected chi connectivity index (χ3v) is 5.76. The summed E-state index contributed by atoms with van der Waals surface area (Å²) in [5.41, 5.74) is 5.34. The second kappa shape index (κ2) is 15.1. The summed E-state index contributed by atoms with van der Waals surface area (Å²) < 4.78 is 25.8. The normalized spacial score (nSPS) is 14.1. The Bertz CT molecular complexity index is 901. The second-order valence-electron chi connectivity index (χ2n) is 8.76. The number of rotatable bonds is 14. The molecular formula is C26H39NO9. The van der Waals surface area contributed by atoms with Crippen molar-refractivity contribution in [1.82, 2.24) is 0 Å². The molecule has 0 aliphatic carbocycles. The SMILES string of the molecule is CCCOC(=O)OCC[C@@](N)(Cc1ccc(OC(=O)C(C)CC)c(OC(=O)C(C)CC)c1)C(=O)OC. The number of nitrogens with two attached hydrogens (primary N) is 1. The van der Waals surface area contributed by atoms with E-state index >= 15 is 0 Å². The summed E-state index contributed by atoms with van der Waals surface area (Å²) >= 11 is 0. The average Bonchev–Trinajstić information content (AvgIpc) is 2.86. The van der Waals surface area contributed by atoms with Gasteiger partial charge in [0, 0.05) is 12.8 Å². The molecule has 0 radical (unpaired) electrons. The van der Waals surface area contributed by atoms with Gasteiger partial charge in [-0.1, -0.05) is 40.7 Å². The first-order valence-electron chi connectivity index (χ1n) is 12.2. The van der Waals surface area contributed by atoms with Gasteiger partial charge in [0.2, 0.25) is 0 Å². The molecule has 0 bridgehead atoms. The van der Waals surface area contributed by atoms with Crippen LogP contribution in [0.15, 0.2) is 18.2 Å². The zero-order chi connectivity index (χ0) is 27.3. The van der Waals surface area contributed by atoms with Crippen LogP contribution in [0.3, 0.4) is 0 Å². The largest absolute Gasteiger partial charge is 0.508 e. The van der Waals surface area contributed by atoms with E-state index in [0.717, 1.165) is 0 Å². The van der Waals surface area contributed by atoms with E-state index in [1.165, 1.54) is 19.2 Å². The molecule has 0 spiro atoms. The molecule has 0 aromatic heterocycles. The molecule has 1 aromatic carbocycles. The molecule has 3 atom stereocenters. The molecule has 202 valence electrons. The molecule has 2 N–H and O–H groups in total. The van der Waals surface area contributed by atoms with Crippen LogP contribution in [0.5, 0.6) is 11.5 Å². The Labute approximate surface area is 212 Å². The molecule has 0 amide bonds. The number of hydrogen-bond acceptors (Lipinski definition) is 10. The van der Waals surface area contributed by atoms with Gasteiger partial charge in [0.1, 0.15) is 5.54 Å². The summed E-state index contributed by atoms with van der Waals surface area (Å²) in [6.07, 6.45) is 0.867. The Kier molecular flexibility index (Phi) is 12.9. The highest BCUT2D eigenvalue weighted by molar-refractivity contribution is 5.81. The molecule has 10 heteroatoms. The summed E-state index contributed by atoms with van der Waals surface area (Å²) in [4.78, 5) is 49.0. The Morgan fingerprint density at radius 3 is 1.97 bits per heavy atom. The fourth-order valence-corrected chi connectivity index (χ4v) is 2.95. The van der Waals surface area contributed by atoms with Crippen molar-refractivity contribution >= 4 is 24.1 Å². The highest BCUT2D eigenvalue weighted by atomic mass is 16.7. The van der Waals surface area contributed by atoms with Crippen LogP contribution in [0, 0.1) is 11.8 Å². The third kappa shape index (κ3) is 9.49. The van der Waals surface area contributed by atoms with Crippen molar-refractivity contribution in [2.45, 2.75) is 72.3 Å². The van der Waals surface area contributed by atoms with Crippen LogP contribution < -0.4 is 15.2 Å². The van der Waals surface area contributed by atoms with Gasteiger partial charge in [0.15, 0.2) is 11.5 Å². The Hall–Kier alpha value is -3.14. The topological polar surface area (TPSA) is 140 Å². The van der Waals surface area contributed by atoms with E-state index in [2.05, 4.69) is 0 Å². The van der Waals surface area contributed by atoms with Crippen molar-refractivity contribution in [2.24, 2.45) is 17.6 Å². The van der Waals surface area contributed by atoms with Gasteiger partial charge in [-0.2, -0.15) is 0 Å². The monoisotopic (exact) mass is 509 g/mol. The number of carbonyl (C=O) groups excluding carboxylic acids is 4. The highest BCUT2D eigenvalue weighted by Gasteiger charge is 2.36. The quantitative estimate of drug-likeness (QED) is 0.289. The average molecular weight is 510 g/mol. The van der Waals surface area contributed by atoms with Crippen LogP contribution >= 0.6 is 0 Å². The second-order valence-corrected chi connectivity index (χ2v) is 8.76.